The number of nitrogens with two attached hydrogens (primary N) is 1. The number of rotatable bonds is 33. The Kier molecular flexibility index (Phi) is 25.7. The number of benzene rings is 4. The number of fused-ring (bicyclic) bond motifs is 2. The quantitative estimate of drug-likeness (QED) is 0.00953. The first-order valence-corrected chi connectivity index (χ1v) is 25.6. The number of para-hydroxylation sites is 1. The number of Topliss-reactive ketones (excluding diaryl/α,β-unsaturated/α-hetero) is 1. The highest BCUT2D eigenvalue weighted by Crippen LogP contribution is 2.27. The number of ketones is 1. The molecular formula is C56H67N7O15. The van der Waals surface area contributed by atoms with E-state index in [1.54, 1.807) is 43.0 Å². The molecule has 22 nitrogen and oxygen atoms in total. The van der Waals surface area contributed by atoms with Crippen molar-refractivity contribution in [2.45, 2.75) is 71.6 Å². The maximum atomic E-state index is 13.7. The molecule has 0 fully saturated rings. The summed E-state index contributed by atoms with van der Waals surface area (Å²) in [6, 6.07) is 24.9. The van der Waals surface area contributed by atoms with Gasteiger partial charge < -0.3 is 60.3 Å². The fourth-order valence-corrected chi connectivity index (χ4v) is 7.79. The third-order valence-electron chi connectivity index (χ3n) is 11.9. The first-order chi connectivity index (χ1) is 37.7. The number of ether oxygens (including phenoxy) is 6. The van der Waals surface area contributed by atoms with Gasteiger partial charge in [0.15, 0.2) is 5.78 Å². The second kappa shape index (κ2) is 33.0. The number of amides is 6. The van der Waals surface area contributed by atoms with Crippen LogP contribution in [0.25, 0.3) is 0 Å². The van der Waals surface area contributed by atoms with E-state index < -0.39 is 40.9 Å². The lowest BCUT2D eigenvalue weighted by atomic mass is 9.89. The Bertz CT molecular complexity index is 2710. The van der Waals surface area contributed by atoms with E-state index in [2.05, 4.69) is 33.1 Å². The SMILES string of the molecule is CC(C)[C@H](NC(=O)CCOCCOCCOCCOCCNC(=O)CCC(=O)N1Cc2ccccc2C#Cc2ccccc21)C(=O)C[C@@H](CCCNC(N)=O)C(=O)Nc1ccc(COC(=O)Oc2ccc([N+](=O)[O-])cc2)cc1. The first kappa shape index (κ1) is 60.6. The number of carbonyl (C=O) groups is 7. The first-order valence-electron chi connectivity index (χ1n) is 25.6. The summed E-state index contributed by atoms with van der Waals surface area (Å²) in [4.78, 5) is 101. The van der Waals surface area contributed by atoms with Gasteiger partial charge in [-0.05, 0) is 72.4 Å². The topological polar surface area (TPSA) is 295 Å². The van der Waals surface area contributed by atoms with Crippen LogP contribution in [0.2, 0.25) is 0 Å². The van der Waals surface area contributed by atoms with Crippen LogP contribution in [0.3, 0.4) is 0 Å². The van der Waals surface area contributed by atoms with E-state index in [4.69, 9.17) is 34.2 Å². The van der Waals surface area contributed by atoms with Crippen molar-refractivity contribution in [2.24, 2.45) is 17.6 Å². The Hall–Kier alpha value is -8.23. The lowest BCUT2D eigenvalue weighted by Crippen LogP contribution is -2.45. The zero-order chi connectivity index (χ0) is 56.1. The molecule has 0 aliphatic carbocycles. The van der Waals surface area contributed by atoms with Crippen LogP contribution < -0.4 is 36.6 Å². The van der Waals surface area contributed by atoms with Gasteiger partial charge in [0.2, 0.25) is 23.6 Å². The number of nitrogens with zero attached hydrogens (tertiary/aromatic N) is 2. The zero-order valence-electron chi connectivity index (χ0n) is 43.8. The van der Waals surface area contributed by atoms with Gasteiger partial charge in [-0.25, -0.2) is 9.59 Å². The lowest BCUT2D eigenvalue weighted by molar-refractivity contribution is -0.384. The van der Waals surface area contributed by atoms with Crippen LogP contribution in [-0.4, -0.2) is 119 Å². The Morgan fingerprint density at radius 2 is 1.33 bits per heavy atom. The summed E-state index contributed by atoms with van der Waals surface area (Å²) in [5, 5.41) is 21.7. The molecule has 22 heteroatoms. The van der Waals surface area contributed by atoms with Gasteiger partial charge >= 0.3 is 12.2 Å². The normalized spacial score (nSPS) is 12.2. The van der Waals surface area contributed by atoms with E-state index in [0.717, 1.165) is 22.4 Å². The van der Waals surface area contributed by atoms with Crippen LogP contribution in [0.4, 0.5) is 26.7 Å². The van der Waals surface area contributed by atoms with Crippen LogP contribution in [0.1, 0.15) is 74.6 Å². The average molecular weight is 1080 g/mol. The monoisotopic (exact) mass is 1080 g/mol. The van der Waals surface area contributed by atoms with Gasteiger partial charge in [-0.3, -0.25) is 34.1 Å². The number of anilines is 2. The summed E-state index contributed by atoms with van der Waals surface area (Å²) in [6.07, 6.45) is -0.613. The summed E-state index contributed by atoms with van der Waals surface area (Å²) in [5.41, 5.74) is 9.27. The highest BCUT2D eigenvalue weighted by atomic mass is 16.7. The molecular weight excluding hydrogens is 1010 g/mol. The number of non-ortho nitro benzene ring substituents is 1. The minimum atomic E-state index is -1.03. The van der Waals surface area contributed by atoms with Crippen LogP contribution in [0.5, 0.6) is 5.75 Å². The Morgan fingerprint density at radius 3 is 2.00 bits per heavy atom. The fourth-order valence-electron chi connectivity index (χ4n) is 7.79. The third-order valence-corrected chi connectivity index (χ3v) is 11.9. The summed E-state index contributed by atoms with van der Waals surface area (Å²) in [7, 11) is 0. The van der Waals surface area contributed by atoms with Gasteiger partial charge in [0.1, 0.15) is 12.4 Å². The van der Waals surface area contributed by atoms with Crippen molar-refractivity contribution in [3.63, 3.8) is 0 Å². The zero-order valence-corrected chi connectivity index (χ0v) is 43.8. The molecule has 0 unspecified atom stereocenters. The van der Waals surface area contributed by atoms with E-state index in [1.165, 1.54) is 24.3 Å². The number of hydrogen-bond acceptors (Lipinski definition) is 15. The standard InChI is InChI=1S/C56H67N7O15/c1-39(2)53(49(64)36-43(11-7-26-59-55(57)69)54(68)60-45-17-13-40(14-18-45)38-77-56(70)78-47-21-19-46(20-22-47)63(71)72)61-51(66)25-28-73-30-32-75-34-35-76-33-31-74-29-27-58-50(65)23-24-52(67)62-37-44-10-4-3-8-41(44)15-16-42-9-5-6-12-48(42)62/h3-6,8-10,12-14,17-22,39,43,53H,7,11,23-38H2,1-2H3,(H,58,65)(H,60,68)(H,61,66)(H3,57,59,69)/t43-,53+/m1/s1. The molecule has 1 aliphatic heterocycles. The number of urea groups is 1. The Morgan fingerprint density at radius 1 is 0.705 bits per heavy atom. The van der Waals surface area contributed by atoms with Crippen molar-refractivity contribution in [1.82, 2.24) is 16.0 Å². The van der Waals surface area contributed by atoms with Crippen molar-refractivity contribution in [2.75, 3.05) is 76.2 Å². The third kappa shape index (κ3) is 21.8. The predicted molar refractivity (Wildman–Crippen MR) is 286 cm³/mol. The smallest absolute Gasteiger partial charge is 0.429 e. The lowest BCUT2D eigenvalue weighted by Gasteiger charge is -2.26. The number of hydrogen-bond donors (Lipinski definition) is 5. The second-order valence-electron chi connectivity index (χ2n) is 18.1. The minimum absolute atomic E-state index is 0.0198. The fraction of sp³-hybridized carbons (Fsp3) is 0.411. The van der Waals surface area contributed by atoms with Gasteiger partial charge in [0, 0.05) is 73.6 Å². The van der Waals surface area contributed by atoms with Crippen molar-refractivity contribution in [1.29, 1.82) is 0 Å². The molecule has 5 rings (SSSR count). The maximum Gasteiger partial charge on any atom is 0.514 e. The number of nitrogens with one attached hydrogen (secondary N) is 4. The summed E-state index contributed by atoms with van der Waals surface area (Å²) < 4.78 is 32.4. The second-order valence-corrected chi connectivity index (χ2v) is 18.1. The molecule has 4 aromatic rings. The van der Waals surface area contributed by atoms with Gasteiger partial charge in [-0.2, -0.15) is 0 Å². The van der Waals surface area contributed by atoms with Crippen molar-refractivity contribution >= 4 is 58.7 Å². The number of carbonyl (C=O) groups excluding carboxylic acids is 7. The van der Waals surface area contributed by atoms with Crippen LogP contribution >= 0.6 is 0 Å². The van der Waals surface area contributed by atoms with Crippen molar-refractivity contribution in [3.8, 4) is 17.6 Å². The van der Waals surface area contributed by atoms with Crippen LogP contribution in [-0.2, 0) is 60.8 Å². The van der Waals surface area contributed by atoms with Crippen LogP contribution in [0, 0.1) is 33.8 Å². The van der Waals surface area contributed by atoms with Gasteiger partial charge in [0.25, 0.3) is 5.69 Å². The molecule has 1 aliphatic rings. The van der Waals surface area contributed by atoms with Gasteiger partial charge in [0.05, 0.1) is 76.1 Å². The summed E-state index contributed by atoms with van der Waals surface area (Å²) in [6.45, 7) is 6.29. The van der Waals surface area contributed by atoms with E-state index >= 15 is 0 Å². The molecule has 0 saturated heterocycles. The maximum absolute atomic E-state index is 13.7. The molecule has 0 aromatic heterocycles. The number of nitro groups is 1. The molecule has 0 bridgehead atoms. The molecule has 6 N–H and O–H groups in total. The van der Waals surface area contributed by atoms with Gasteiger partial charge in [-0.15, -0.1) is 0 Å². The summed E-state index contributed by atoms with van der Waals surface area (Å²) in [5.74, 6) is 3.67. The number of primary amides is 1. The molecule has 416 valence electrons. The Balaban J connectivity index is 0.901. The molecule has 0 radical (unpaired) electrons. The van der Waals surface area contributed by atoms with Crippen molar-refractivity contribution < 1.29 is 66.9 Å². The largest absolute Gasteiger partial charge is 0.514 e. The minimum Gasteiger partial charge on any atom is -0.429 e. The average Bonchev–Trinajstić information content (AvgIpc) is 3.42. The van der Waals surface area contributed by atoms with E-state index in [-0.39, 0.29) is 113 Å². The molecule has 0 saturated carbocycles. The molecule has 6 amide bonds. The van der Waals surface area contributed by atoms with E-state index in [0.29, 0.717) is 50.6 Å². The van der Waals surface area contributed by atoms with E-state index in [1.807, 2.05) is 48.5 Å². The highest BCUT2D eigenvalue weighted by Gasteiger charge is 2.30. The van der Waals surface area contributed by atoms with Gasteiger partial charge in [-0.1, -0.05) is 68.2 Å². The Labute approximate surface area is 452 Å². The van der Waals surface area contributed by atoms with Crippen molar-refractivity contribution in [3.05, 3.63) is 129 Å². The molecule has 2 atom stereocenters. The molecule has 4 aromatic carbocycles. The predicted octanol–water partition coefficient (Wildman–Crippen LogP) is 5.71. The molecule has 78 heavy (non-hydrogen) atoms. The number of nitro benzene ring substituents is 1. The molecule has 1 heterocycles. The summed E-state index contributed by atoms with van der Waals surface area (Å²) >= 11 is 0. The molecule has 0 spiro atoms. The van der Waals surface area contributed by atoms with Crippen LogP contribution in [0.15, 0.2) is 97.1 Å². The van der Waals surface area contributed by atoms with E-state index in [9.17, 15) is 43.7 Å². The highest BCUT2D eigenvalue weighted by molar-refractivity contribution is 5.98.